The van der Waals surface area contributed by atoms with Gasteiger partial charge >= 0.3 is 0 Å². The van der Waals surface area contributed by atoms with Gasteiger partial charge in [0.05, 0.1) is 0 Å². The second kappa shape index (κ2) is 5.20. The van der Waals surface area contributed by atoms with Gasteiger partial charge < -0.3 is 0 Å². The van der Waals surface area contributed by atoms with Gasteiger partial charge in [-0.2, -0.15) is 0 Å². The zero-order valence-corrected chi connectivity index (χ0v) is 12.6. The predicted octanol–water partition coefficient (Wildman–Crippen LogP) is 5.67. The summed E-state index contributed by atoms with van der Waals surface area (Å²) in [6.45, 7) is 0. The van der Waals surface area contributed by atoms with E-state index in [1.807, 2.05) is 0 Å². The molecule has 0 heterocycles. The Labute approximate surface area is 124 Å². The average Bonchev–Trinajstić information content (AvgIpc) is 3.15. The van der Waals surface area contributed by atoms with E-state index in [-0.39, 0.29) is 0 Å². The smallest absolute Gasteiger partial charge is 0.00165 e. The Hall–Kier alpha value is -0.780. The van der Waals surface area contributed by atoms with Crippen LogP contribution in [0.5, 0.6) is 0 Å². The van der Waals surface area contributed by atoms with Crippen LogP contribution in [0.2, 0.25) is 0 Å². The second-order valence-corrected chi connectivity index (χ2v) is 7.69. The molecule has 4 aliphatic carbocycles. The predicted molar refractivity (Wildman–Crippen MR) is 85.4 cm³/mol. The van der Waals surface area contributed by atoms with Crippen molar-refractivity contribution in [2.45, 2.75) is 57.8 Å². The third kappa shape index (κ3) is 2.12. The molecule has 0 radical (unpaired) electrons. The summed E-state index contributed by atoms with van der Waals surface area (Å²) < 4.78 is 0. The maximum Gasteiger partial charge on any atom is -0.00165 e. The van der Waals surface area contributed by atoms with Gasteiger partial charge in [-0.1, -0.05) is 55.7 Å². The molecule has 0 aromatic carbocycles. The Balaban J connectivity index is 1.37. The fraction of sp³-hybridized carbons (Fsp3) is 0.700. The Morgan fingerprint density at radius 3 is 2.65 bits per heavy atom. The molecule has 0 N–H and O–H groups in total. The van der Waals surface area contributed by atoms with E-state index in [0.717, 1.165) is 23.7 Å². The summed E-state index contributed by atoms with van der Waals surface area (Å²) in [4.78, 5) is 0. The van der Waals surface area contributed by atoms with Crippen LogP contribution in [0.3, 0.4) is 0 Å². The largest absolute Gasteiger partial charge is 0.0877 e. The van der Waals surface area contributed by atoms with Gasteiger partial charge in [-0.3, -0.25) is 0 Å². The molecule has 4 rings (SSSR count). The van der Waals surface area contributed by atoms with Crippen LogP contribution in [-0.4, -0.2) is 0 Å². The molecule has 0 nitrogen and oxygen atoms in total. The third-order valence-corrected chi connectivity index (χ3v) is 6.73. The summed E-state index contributed by atoms with van der Waals surface area (Å²) in [5.74, 6) is 3.46. The Morgan fingerprint density at radius 1 is 0.850 bits per heavy atom. The minimum Gasteiger partial charge on any atom is -0.0877 e. The van der Waals surface area contributed by atoms with Gasteiger partial charge in [-0.25, -0.2) is 0 Å². The highest BCUT2D eigenvalue weighted by Crippen LogP contribution is 2.52. The van der Waals surface area contributed by atoms with Crippen LogP contribution in [0.25, 0.3) is 0 Å². The minimum absolute atomic E-state index is 0.688. The van der Waals surface area contributed by atoms with Crippen LogP contribution < -0.4 is 0 Å². The minimum atomic E-state index is 0.688. The van der Waals surface area contributed by atoms with Gasteiger partial charge in [-0.05, 0) is 67.6 Å². The van der Waals surface area contributed by atoms with E-state index >= 15 is 0 Å². The number of allylic oxidation sites excluding steroid dienone is 6. The molecule has 4 unspecified atom stereocenters. The molecule has 0 aromatic rings. The molecular formula is C20H28. The van der Waals surface area contributed by atoms with Crippen LogP contribution in [0, 0.1) is 29.1 Å². The summed E-state index contributed by atoms with van der Waals surface area (Å²) >= 11 is 0. The van der Waals surface area contributed by atoms with Gasteiger partial charge in [0, 0.05) is 0 Å². The van der Waals surface area contributed by atoms with Crippen molar-refractivity contribution in [2.24, 2.45) is 29.1 Å². The first kappa shape index (κ1) is 12.9. The van der Waals surface area contributed by atoms with E-state index in [1.165, 1.54) is 57.8 Å². The summed E-state index contributed by atoms with van der Waals surface area (Å²) in [5.41, 5.74) is 0.688. The van der Waals surface area contributed by atoms with Crippen LogP contribution in [0.15, 0.2) is 36.5 Å². The molecule has 0 amide bonds. The van der Waals surface area contributed by atoms with Crippen molar-refractivity contribution >= 4 is 0 Å². The fourth-order valence-electron chi connectivity index (χ4n) is 5.51. The Kier molecular flexibility index (Phi) is 3.36. The summed E-state index contributed by atoms with van der Waals surface area (Å²) in [6.07, 6.45) is 27.9. The lowest BCUT2D eigenvalue weighted by molar-refractivity contribution is 0.129. The standard InChI is InChI=1S/C20H28/c1-2-13-20(14-3-1)15-5-7-18(20)12-11-17-10-9-16-6-4-8-19(16)17/h4-7,9-10,16-19H,1-3,8,11-15H2. The van der Waals surface area contributed by atoms with E-state index in [9.17, 15) is 0 Å². The summed E-state index contributed by atoms with van der Waals surface area (Å²) in [6, 6.07) is 0. The van der Waals surface area contributed by atoms with Crippen molar-refractivity contribution in [1.29, 1.82) is 0 Å². The highest BCUT2D eigenvalue weighted by atomic mass is 14.5. The van der Waals surface area contributed by atoms with E-state index in [0.29, 0.717) is 5.41 Å². The van der Waals surface area contributed by atoms with E-state index in [4.69, 9.17) is 0 Å². The van der Waals surface area contributed by atoms with E-state index in [1.54, 1.807) is 0 Å². The molecule has 4 atom stereocenters. The fourth-order valence-corrected chi connectivity index (χ4v) is 5.51. The van der Waals surface area contributed by atoms with Crippen molar-refractivity contribution in [1.82, 2.24) is 0 Å². The molecule has 108 valence electrons. The average molecular weight is 268 g/mol. The number of fused-ring (bicyclic) bond motifs is 1. The molecule has 20 heavy (non-hydrogen) atoms. The van der Waals surface area contributed by atoms with Gasteiger partial charge in [-0.15, -0.1) is 0 Å². The van der Waals surface area contributed by atoms with Gasteiger partial charge in [0.15, 0.2) is 0 Å². The quantitative estimate of drug-likeness (QED) is 0.578. The highest BCUT2D eigenvalue weighted by Gasteiger charge is 2.41. The SMILES string of the molecule is C1=CC2C=CC(CCC3C=CCC34CCCCC4)C2C1. The molecule has 0 aliphatic heterocycles. The van der Waals surface area contributed by atoms with Crippen molar-refractivity contribution in [3.05, 3.63) is 36.5 Å². The van der Waals surface area contributed by atoms with Gasteiger partial charge in [0.2, 0.25) is 0 Å². The lowest BCUT2D eigenvalue weighted by Gasteiger charge is -2.39. The number of hydrogen-bond donors (Lipinski definition) is 0. The van der Waals surface area contributed by atoms with Crippen LogP contribution in [0.4, 0.5) is 0 Å². The molecule has 1 fully saturated rings. The topological polar surface area (TPSA) is 0 Å². The summed E-state index contributed by atoms with van der Waals surface area (Å²) in [7, 11) is 0. The molecule has 0 saturated heterocycles. The van der Waals surface area contributed by atoms with Crippen LogP contribution >= 0.6 is 0 Å². The highest BCUT2D eigenvalue weighted by molar-refractivity contribution is 5.19. The molecule has 0 bridgehead atoms. The van der Waals surface area contributed by atoms with Crippen LogP contribution in [0.1, 0.15) is 57.8 Å². The first-order valence-corrected chi connectivity index (χ1v) is 8.89. The maximum absolute atomic E-state index is 2.58. The van der Waals surface area contributed by atoms with Crippen molar-refractivity contribution in [3.8, 4) is 0 Å². The normalized spacial score (nSPS) is 40.8. The Bertz CT molecular complexity index is 433. The molecule has 4 aliphatic rings. The maximum atomic E-state index is 2.58. The van der Waals surface area contributed by atoms with Gasteiger partial charge in [0.25, 0.3) is 0 Å². The zero-order chi connectivity index (χ0) is 13.4. The van der Waals surface area contributed by atoms with E-state index < -0.39 is 0 Å². The second-order valence-electron chi connectivity index (χ2n) is 7.69. The molecule has 1 spiro atoms. The number of hydrogen-bond acceptors (Lipinski definition) is 0. The zero-order valence-electron chi connectivity index (χ0n) is 12.6. The van der Waals surface area contributed by atoms with E-state index in [2.05, 4.69) is 36.5 Å². The lowest BCUT2D eigenvalue weighted by Crippen LogP contribution is -2.29. The first-order chi connectivity index (χ1) is 9.87. The Morgan fingerprint density at radius 2 is 1.75 bits per heavy atom. The van der Waals surface area contributed by atoms with Crippen LogP contribution in [-0.2, 0) is 0 Å². The van der Waals surface area contributed by atoms with Crippen molar-refractivity contribution < 1.29 is 0 Å². The van der Waals surface area contributed by atoms with Crippen molar-refractivity contribution in [3.63, 3.8) is 0 Å². The van der Waals surface area contributed by atoms with Crippen molar-refractivity contribution in [2.75, 3.05) is 0 Å². The monoisotopic (exact) mass is 268 g/mol. The molecule has 0 heteroatoms. The molecule has 1 saturated carbocycles. The van der Waals surface area contributed by atoms with Gasteiger partial charge in [0.1, 0.15) is 0 Å². The first-order valence-electron chi connectivity index (χ1n) is 8.89. The number of rotatable bonds is 3. The lowest BCUT2D eigenvalue weighted by atomic mass is 9.65. The molecular weight excluding hydrogens is 240 g/mol. The summed E-state index contributed by atoms with van der Waals surface area (Å²) in [5, 5.41) is 0. The molecule has 0 aromatic heterocycles. The third-order valence-electron chi connectivity index (χ3n) is 6.73.